The molecule has 1 aliphatic rings. The van der Waals surface area contributed by atoms with Crippen LogP contribution in [0.1, 0.15) is 79.1 Å². The Morgan fingerprint density at radius 1 is 0.933 bits per heavy atom. The zero-order valence-corrected chi connectivity index (χ0v) is 11.3. The van der Waals surface area contributed by atoms with E-state index >= 15 is 0 Å². The molecule has 90 valence electrons. The summed E-state index contributed by atoms with van der Waals surface area (Å²) in [6.45, 7) is 9.77. The van der Waals surface area contributed by atoms with Gasteiger partial charge in [0.2, 0.25) is 0 Å². The Morgan fingerprint density at radius 3 is 2.20 bits per heavy atom. The van der Waals surface area contributed by atoms with Gasteiger partial charge in [0.25, 0.3) is 0 Å². The molecule has 0 N–H and O–H groups in total. The molecule has 1 unspecified atom stereocenters. The molecule has 1 rings (SSSR count). The third-order valence-electron chi connectivity index (χ3n) is 4.19. The quantitative estimate of drug-likeness (QED) is 0.542. The summed E-state index contributed by atoms with van der Waals surface area (Å²) >= 11 is 0. The van der Waals surface area contributed by atoms with E-state index in [1.54, 1.807) is 0 Å². The van der Waals surface area contributed by atoms with E-state index in [4.69, 9.17) is 0 Å². The zero-order valence-electron chi connectivity index (χ0n) is 11.3. The van der Waals surface area contributed by atoms with E-state index in [2.05, 4.69) is 27.7 Å². The highest BCUT2D eigenvalue weighted by molar-refractivity contribution is 4.76. The smallest absolute Gasteiger partial charge is 0.0351 e. The molecule has 0 aliphatic heterocycles. The number of hydrogen-bond acceptors (Lipinski definition) is 0. The Balaban J connectivity index is 2.54. The highest BCUT2D eigenvalue weighted by atomic mass is 14.3. The van der Waals surface area contributed by atoms with Crippen molar-refractivity contribution < 1.29 is 0 Å². The first-order valence-electron chi connectivity index (χ1n) is 7.01. The second-order valence-corrected chi connectivity index (χ2v) is 6.68. The Kier molecular flexibility index (Phi) is 5.15. The van der Waals surface area contributed by atoms with Crippen molar-refractivity contribution in [3.63, 3.8) is 0 Å². The standard InChI is InChI=1S/C15H30/c1-13(2)14-10-8-6-5-7-9-11-15(3,4)12-14/h13-14H,5-12H2,1-4H3. The lowest BCUT2D eigenvalue weighted by molar-refractivity contribution is 0.187. The molecule has 0 heteroatoms. The van der Waals surface area contributed by atoms with Crippen molar-refractivity contribution in [2.45, 2.75) is 79.1 Å². The van der Waals surface area contributed by atoms with Gasteiger partial charge in [-0.05, 0) is 30.1 Å². The molecule has 0 aromatic carbocycles. The fraction of sp³-hybridized carbons (Fsp3) is 1.00. The van der Waals surface area contributed by atoms with Crippen molar-refractivity contribution in [1.29, 1.82) is 0 Å². The Labute approximate surface area is 96.8 Å². The van der Waals surface area contributed by atoms with Gasteiger partial charge in [-0.15, -0.1) is 0 Å². The molecule has 0 nitrogen and oxygen atoms in total. The summed E-state index contributed by atoms with van der Waals surface area (Å²) < 4.78 is 0. The highest BCUT2D eigenvalue weighted by Gasteiger charge is 2.25. The van der Waals surface area contributed by atoms with Gasteiger partial charge in [-0.3, -0.25) is 0 Å². The Morgan fingerprint density at radius 2 is 1.53 bits per heavy atom. The van der Waals surface area contributed by atoms with E-state index in [0.29, 0.717) is 5.41 Å². The van der Waals surface area contributed by atoms with Gasteiger partial charge >= 0.3 is 0 Å². The van der Waals surface area contributed by atoms with Crippen molar-refractivity contribution in [3.05, 3.63) is 0 Å². The summed E-state index contributed by atoms with van der Waals surface area (Å²) in [6, 6.07) is 0. The van der Waals surface area contributed by atoms with Crippen LogP contribution in [0.2, 0.25) is 0 Å². The van der Waals surface area contributed by atoms with Crippen LogP contribution >= 0.6 is 0 Å². The molecule has 1 atom stereocenters. The van der Waals surface area contributed by atoms with Crippen molar-refractivity contribution in [2.75, 3.05) is 0 Å². The summed E-state index contributed by atoms with van der Waals surface area (Å²) in [6.07, 6.45) is 11.7. The first-order chi connectivity index (χ1) is 7.01. The van der Waals surface area contributed by atoms with Crippen molar-refractivity contribution in [3.8, 4) is 0 Å². The van der Waals surface area contributed by atoms with E-state index in [-0.39, 0.29) is 0 Å². The minimum Gasteiger partial charge on any atom is -0.0625 e. The molecule has 1 saturated carbocycles. The lowest BCUT2D eigenvalue weighted by Gasteiger charge is -2.33. The third kappa shape index (κ3) is 5.04. The maximum absolute atomic E-state index is 2.48. The molecule has 1 fully saturated rings. The maximum Gasteiger partial charge on any atom is -0.0351 e. The van der Waals surface area contributed by atoms with Crippen LogP contribution in [0.25, 0.3) is 0 Å². The summed E-state index contributed by atoms with van der Waals surface area (Å²) in [5.74, 6) is 1.85. The predicted molar refractivity (Wildman–Crippen MR) is 69.0 cm³/mol. The van der Waals surface area contributed by atoms with Crippen LogP contribution in [0.15, 0.2) is 0 Å². The van der Waals surface area contributed by atoms with Gasteiger partial charge in [0.15, 0.2) is 0 Å². The van der Waals surface area contributed by atoms with Crippen LogP contribution in [-0.2, 0) is 0 Å². The van der Waals surface area contributed by atoms with Crippen LogP contribution < -0.4 is 0 Å². The lowest BCUT2D eigenvalue weighted by Crippen LogP contribution is -2.21. The summed E-state index contributed by atoms with van der Waals surface area (Å²) in [7, 11) is 0. The second kappa shape index (κ2) is 5.92. The fourth-order valence-corrected chi connectivity index (χ4v) is 3.02. The molecule has 0 saturated heterocycles. The van der Waals surface area contributed by atoms with Gasteiger partial charge in [-0.25, -0.2) is 0 Å². The minimum absolute atomic E-state index is 0.590. The van der Waals surface area contributed by atoms with Gasteiger partial charge in [-0.2, -0.15) is 0 Å². The van der Waals surface area contributed by atoms with Crippen LogP contribution in [0.3, 0.4) is 0 Å². The highest BCUT2D eigenvalue weighted by Crippen LogP contribution is 2.37. The van der Waals surface area contributed by atoms with E-state index < -0.39 is 0 Å². The van der Waals surface area contributed by atoms with Gasteiger partial charge in [0.05, 0.1) is 0 Å². The second-order valence-electron chi connectivity index (χ2n) is 6.68. The third-order valence-corrected chi connectivity index (χ3v) is 4.19. The Bertz CT molecular complexity index is 167. The number of hydrogen-bond donors (Lipinski definition) is 0. The molecule has 0 amide bonds. The molecular weight excluding hydrogens is 180 g/mol. The zero-order chi connectivity index (χ0) is 11.3. The largest absolute Gasteiger partial charge is 0.0625 e. The monoisotopic (exact) mass is 210 g/mol. The van der Waals surface area contributed by atoms with E-state index in [0.717, 1.165) is 11.8 Å². The van der Waals surface area contributed by atoms with Crippen molar-refractivity contribution in [2.24, 2.45) is 17.3 Å². The van der Waals surface area contributed by atoms with E-state index in [1.807, 2.05) is 0 Å². The molecule has 0 aromatic heterocycles. The SMILES string of the molecule is CC(C)C1CCCCCCCC(C)(C)C1. The van der Waals surface area contributed by atoms with Crippen LogP contribution in [-0.4, -0.2) is 0 Å². The van der Waals surface area contributed by atoms with Gasteiger partial charge in [-0.1, -0.05) is 66.2 Å². The first kappa shape index (κ1) is 13.1. The molecule has 1 aliphatic carbocycles. The van der Waals surface area contributed by atoms with Gasteiger partial charge < -0.3 is 0 Å². The lowest BCUT2D eigenvalue weighted by atomic mass is 9.73. The normalized spacial score (nSPS) is 29.0. The van der Waals surface area contributed by atoms with E-state index in [1.165, 1.54) is 51.4 Å². The average molecular weight is 210 g/mol. The van der Waals surface area contributed by atoms with Gasteiger partial charge in [0.1, 0.15) is 0 Å². The van der Waals surface area contributed by atoms with Crippen LogP contribution in [0, 0.1) is 17.3 Å². The summed E-state index contributed by atoms with van der Waals surface area (Å²) in [5, 5.41) is 0. The average Bonchev–Trinajstić information content (AvgIpc) is 2.14. The molecule has 0 spiro atoms. The molecule has 0 heterocycles. The number of rotatable bonds is 1. The van der Waals surface area contributed by atoms with Crippen molar-refractivity contribution >= 4 is 0 Å². The maximum atomic E-state index is 2.48. The first-order valence-corrected chi connectivity index (χ1v) is 7.01. The fourth-order valence-electron chi connectivity index (χ4n) is 3.02. The minimum atomic E-state index is 0.590. The molecule has 15 heavy (non-hydrogen) atoms. The summed E-state index contributed by atoms with van der Waals surface area (Å²) in [4.78, 5) is 0. The molecule has 0 radical (unpaired) electrons. The predicted octanol–water partition coefficient (Wildman–Crippen LogP) is 5.42. The van der Waals surface area contributed by atoms with Crippen LogP contribution in [0.5, 0.6) is 0 Å². The summed E-state index contributed by atoms with van der Waals surface area (Å²) in [5.41, 5.74) is 0.590. The topological polar surface area (TPSA) is 0 Å². The van der Waals surface area contributed by atoms with Crippen molar-refractivity contribution in [1.82, 2.24) is 0 Å². The van der Waals surface area contributed by atoms with Crippen LogP contribution in [0.4, 0.5) is 0 Å². The Hall–Kier alpha value is 0. The molecular formula is C15H30. The van der Waals surface area contributed by atoms with E-state index in [9.17, 15) is 0 Å². The molecule has 0 aromatic rings. The van der Waals surface area contributed by atoms with Gasteiger partial charge in [0, 0.05) is 0 Å². The molecule has 0 bridgehead atoms.